The monoisotopic (exact) mass is 273 g/mol. The highest BCUT2D eigenvalue weighted by Gasteiger charge is 2.38. The van der Waals surface area contributed by atoms with Gasteiger partial charge in [0, 0.05) is 31.5 Å². The van der Waals surface area contributed by atoms with Crippen LogP contribution in [0, 0.1) is 11.8 Å². The van der Waals surface area contributed by atoms with Gasteiger partial charge in [0.1, 0.15) is 0 Å². The van der Waals surface area contributed by atoms with Crippen molar-refractivity contribution >= 4 is 5.91 Å². The average molecular weight is 273 g/mol. The lowest BCUT2D eigenvalue weighted by Crippen LogP contribution is -2.28. The molecule has 0 spiro atoms. The van der Waals surface area contributed by atoms with E-state index in [1.54, 1.807) is 6.08 Å². The molecule has 1 amide bonds. The van der Waals surface area contributed by atoms with Crippen molar-refractivity contribution < 1.29 is 9.90 Å². The van der Waals surface area contributed by atoms with Gasteiger partial charge in [0.15, 0.2) is 0 Å². The van der Waals surface area contributed by atoms with E-state index in [2.05, 4.69) is 18.7 Å². The molecule has 0 saturated carbocycles. The molecule has 0 aromatic heterocycles. The van der Waals surface area contributed by atoms with Crippen LogP contribution in [-0.4, -0.2) is 35.6 Å². The van der Waals surface area contributed by atoms with Crippen LogP contribution >= 0.6 is 0 Å². The molecule has 1 saturated heterocycles. The topological polar surface area (TPSA) is 40.5 Å². The Morgan fingerprint density at radius 3 is 2.75 bits per heavy atom. The second-order valence-electron chi connectivity index (χ2n) is 5.45. The summed E-state index contributed by atoms with van der Waals surface area (Å²) in [6.07, 6.45) is 4.40. The Morgan fingerprint density at radius 2 is 2.10 bits per heavy atom. The number of allylic oxidation sites excluding steroid dienone is 1. The average Bonchev–Trinajstić information content (AvgIpc) is 2.78. The zero-order valence-corrected chi connectivity index (χ0v) is 11.9. The first-order chi connectivity index (χ1) is 9.76. The van der Waals surface area contributed by atoms with Crippen molar-refractivity contribution in [3.05, 3.63) is 48.6 Å². The Balaban J connectivity index is 1.84. The van der Waals surface area contributed by atoms with Gasteiger partial charge in [-0.05, 0) is 24.8 Å². The Labute approximate surface area is 120 Å². The molecule has 2 rings (SSSR count). The lowest BCUT2D eigenvalue weighted by molar-refractivity contribution is -0.131. The molecule has 20 heavy (non-hydrogen) atoms. The third-order valence-corrected chi connectivity index (χ3v) is 4.04. The van der Waals surface area contributed by atoms with Gasteiger partial charge in [-0.2, -0.15) is 0 Å². The second kappa shape index (κ2) is 7.25. The number of benzene rings is 1. The van der Waals surface area contributed by atoms with Crippen LogP contribution in [0.3, 0.4) is 0 Å². The van der Waals surface area contributed by atoms with Gasteiger partial charge in [0.2, 0.25) is 5.91 Å². The van der Waals surface area contributed by atoms with Crippen molar-refractivity contribution in [1.29, 1.82) is 0 Å². The van der Waals surface area contributed by atoms with Crippen molar-refractivity contribution in [2.24, 2.45) is 11.8 Å². The molecule has 1 aliphatic heterocycles. The summed E-state index contributed by atoms with van der Waals surface area (Å²) in [4.78, 5) is 14.2. The maximum absolute atomic E-state index is 12.3. The lowest BCUT2D eigenvalue weighted by Gasteiger charge is -2.16. The maximum Gasteiger partial charge on any atom is 0.226 e. The molecule has 2 unspecified atom stereocenters. The van der Waals surface area contributed by atoms with Gasteiger partial charge in [-0.3, -0.25) is 4.79 Å². The Morgan fingerprint density at radius 1 is 1.35 bits per heavy atom. The van der Waals surface area contributed by atoms with Crippen LogP contribution in [0.4, 0.5) is 0 Å². The van der Waals surface area contributed by atoms with Gasteiger partial charge >= 0.3 is 0 Å². The minimum atomic E-state index is -0.0748. The van der Waals surface area contributed by atoms with Crippen LogP contribution in [-0.2, 0) is 11.2 Å². The number of carbonyl (C=O) groups is 1. The molecule has 3 heteroatoms. The molecule has 1 aromatic rings. The number of rotatable bonds is 7. The van der Waals surface area contributed by atoms with E-state index >= 15 is 0 Å². The number of amides is 1. The summed E-state index contributed by atoms with van der Waals surface area (Å²) in [6.45, 7) is 5.24. The Bertz CT molecular complexity index is 444. The number of aryl methyl sites for hydroxylation is 1. The fourth-order valence-corrected chi connectivity index (χ4v) is 2.91. The number of nitrogens with zero attached hydrogens (tertiary/aromatic N) is 1. The third-order valence-electron chi connectivity index (χ3n) is 4.04. The SMILES string of the molecule is C=CCC1C(=O)N(CCCc2ccccc2)CC1CO. The van der Waals surface area contributed by atoms with E-state index < -0.39 is 0 Å². The van der Waals surface area contributed by atoms with Crippen molar-refractivity contribution in [2.45, 2.75) is 19.3 Å². The maximum atomic E-state index is 12.3. The fraction of sp³-hybridized carbons (Fsp3) is 0.471. The van der Waals surface area contributed by atoms with Crippen LogP contribution in [0.15, 0.2) is 43.0 Å². The standard InChI is InChI=1S/C17H23NO2/c1-2-7-16-15(13-19)12-18(17(16)20)11-6-10-14-8-4-3-5-9-14/h2-5,8-9,15-16,19H,1,6-7,10-13H2. The molecule has 1 heterocycles. The van der Waals surface area contributed by atoms with E-state index in [1.165, 1.54) is 5.56 Å². The number of hydrogen-bond donors (Lipinski definition) is 1. The molecule has 2 atom stereocenters. The van der Waals surface area contributed by atoms with Crippen LogP contribution in [0.25, 0.3) is 0 Å². The van der Waals surface area contributed by atoms with E-state index in [4.69, 9.17) is 0 Å². The quantitative estimate of drug-likeness (QED) is 0.774. The summed E-state index contributed by atoms with van der Waals surface area (Å²) in [5.74, 6) is 0.170. The first-order valence-electron chi connectivity index (χ1n) is 7.30. The molecule has 0 bridgehead atoms. The number of aliphatic hydroxyl groups is 1. The predicted molar refractivity (Wildman–Crippen MR) is 80.2 cm³/mol. The zero-order chi connectivity index (χ0) is 14.4. The van der Waals surface area contributed by atoms with E-state index in [0.717, 1.165) is 19.4 Å². The normalized spacial score (nSPS) is 22.2. The van der Waals surface area contributed by atoms with E-state index in [-0.39, 0.29) is 24.3 Å². The van der Waals surface area contributed by atoms with Gasteiger partial charge in [-0.15, -0.1) is 6.58 Å². The summed E-state index contributed by atoms with van der Waals surface area (Å²) in [5, 5.41) is 9.39. The van der Waals surface area contributed by atoms with E-state index in [0.29, 0.717) is 13.0 Å². The molecule has 108 valence electrons. The van der Waals surface area contributed by atoms with Gasteiger partial charge in [0.25, 0.3) is 0 Å². The molecule has 0 radical (unpaired) electrons. The number of likely N-dealkylation sites (tertiary alicyclic amines) is 1. The lowest BCUT2D eigenvalue weighted by atomic mass is 9.93. The van der Waals surface area contributed by atoms with Crippen LogP contribution in [0.2, 0.25) is 0 Å². The fourth-order valence-electron chi connectivity index (χ4n) is 2.91. The third kappa shape index (κ3) is 3.48. The highest BCUT2D eigenvalue weighted by molar-refractivity contribution is 5.81. The molecule has 1 fully saturated rings. The van der Waals surface area contributed by atoms with E-state index in [9.17, 15) is 9.90 Å². The number of hydrogen-bond acceptors (Lipinski definition) is 2. The largest absolute Gasteiger partial charge is 0.396 e. The minimum absolute atomic E-state index is 0.0669. The van der Waals surface area contributed by atoms with Crippen molar-refractivity contribution in [2.75, 3.05) is 19.7 Å². The van der Waals surface area contributed by atoms with Gasteiger partial charge < -0.3 is 10.0 Å². The summed E-state index contributed by atoms with van der Waals surface area (Å²) >= 11 is 0. The highest BCUT2D eigenvalue weighted by Crippen LogP contribution is 2.27. The first-order valence-corrected chi connectivity index (χ1v) is 7.30. The predicted octanol–water partition coefficient (Wildman–Crippen LogP) is 2.26. The summed E-state index contributed by atoms with van der Waals surface area (Å²) < 4.78 is 0. The Kier molecular flexibility index (Phi) is 5.36. The highest BCUT2D eigenvalue weighted by atomic mass is 16.3. The Hall–Kier alpha value is -1.61. The summed E-state index contributed by atoms with van der Waals surface area (Å²) in [5.41, 5.74) is 1.31. The number of aliphatic hydroxyl groups excluding tert-OH is 1. The second-order valence-corrected chi connectivity index (χ2v) is 5.45. The van der Waals surface area contributed by atoms with Gasteiger partial charge in [-0.25, -0.2) is 0 Å². The zero-order valence-electron chi connectivity index (χ0n) is 11.9. The van der Waals surface area contributed by atoms with E-state index in [1.807, 2.05) is 23.1 Å². The molecule has 1 N–H and O–H groups in total. The summed E-state index contributed by atoms with van der Waals surface area (Å²) in [7, 11) is 0. The molecule has 1 aliphatic rings. The van der Waals surface area contributed by atoms with Gasteiger partial charge in [-0.1, -0.05) is 36.4 Å². The van der Waals surface area contributed by atoms with Crippen molar-refractivity contribution in [3.63, 3.8) is 0 Å². The van der Waals surface area contributed by atoms with Gasteiger partial charge in [0.05, 0.1) is 0 Å². The van der Waals surface area contributed by atoms with Crippen LogP contribution in [0.1, 0.15) is 18.4 Å². The van der Waals surface area contributed by atoms with Crippen LogP contribution < -0.4 is 0 Å². The smallest absolute Gasteiger partial charge is 0.226 e. The molecule has 3 nitrogen and oxygen atoms in total. The molecule has 1 aromatic carbocycles. The minimum Gasteiger partial charge on any atom is -0.396 e. The molecular weight excluding hydrogens is 250 g/mol. The molecular formula is C17H23NO2. The first kappa shape index (κ1) is 14.8. The summed E-state index contributed by atoms with van der Waals surface area (Å²) in [6, 6.07) is 10.3. The van der Waals surface area contributed by atoms with Crippen LogP contribution in [0.5, 0.6) is 0 Å². The number of carbonyl (C=O) groups excluding carboxylic acids is 1. The molecule has 0 aliphatic carbocycles. The van der Waals surface area contributed by atoms with Crippen molar-refractivity contribution in [3.8, 4) is 0 Å². The van der Waals surface area contributed by atoms with Crippen molar-refractivity contribution in [1.82, 2.24) is 4.90 Å².